The fraction of sp³-hybridized carbons (Fsp3) is 0.778. The Morgan fingerprint density at radius 3 is 1.06 bits per heavy atom. The molecule has 0 saturated heterocycles. The summed E-state index contributed by atoms with van der Waals surface area (Å²) in [4.78, 5) is 0. The summed E-state index contributed by atoms with van der Waals surface area (Å²) in [6.45, 7) is 2.01. The van der Waals surface area contributed by atoms with Crippen LogP contribution in [-0.2, 0) is 5.92 Å². The van der Waals surface area contributed by atoms with Crippen molar-refractivity contribution in [3.8, 4) is 0 Å². The highest BCUT2D eigenvalue weighted by Crippen LogP contribution is 2.65. The normalized spacial score (nSPS) is 24.6. The Morgan fingerprint density at radius 1 is 0.396 bits per heavy atom. The quantitative estimate of drug-likeness (QED) is 0.174. The Bertz CT molecular complexity index is 1300. The highest BCUT2D eigenvalue weighted by Gasteiger charge is 2.95. The first-order valence-electron chi connectivity index (χ1n) is 13.9. The highest BCUT2D eigenvalue weighted by atomic mass is 19.4. The molecule has 0 radical (unpaired) electrons. The third kappa shape index (κ3) is 5.67. The lowest BCUT2D eigenvalue weighted by Crippen LogP contribution is -2.74. The Morgan fingerprint density at radius 2 is 0.708 bits per heavy atom. The van der Waals surface area contributed by atoms with Crippen LogP contribution < -0.4 is 0 Å². The van der Waals surface area contributed by atoms with Crippen LogP contribution in [0.1, 0.15) is 75.3 Å². The van der Waals surface area contributed by atoms with E-state index in [1.807, 2.05) is 6.92 Å². The van der Waals surface area contributed by atoms with Crippen molar-refractivity contribution in [2.75, 3.05) is 0 Å². The summed E-state index contributed by atoms with van der Waals surface area (Å²) in [7, 11) is 0. The maximum absolute atomic E-state index is 14.9. The highest BCUT2D eigenvalue weighted by molar-refractivity contribution is 5.37. The van der Waals surface area contributed by atoms with Crippen LogP contribution in [0.4, 0.5) is 92.2 Å². The third-order valence-corrected chi connectivity index (χ3v) is 9.24. The molecule has 0 aliphatic heterocycles. The van der Waals surface area contributed by atoms with Gasteiger partial charge in [-0.1, -0.05) is 19.8 Å². The largest absolute Gasteiger partial charge is 0.460 e. The van der Waals surface area contributed by atoms with Crippen LogP contribution in [0.25, 0.3) is 0 Å². The molecule has 1 aromatic carbocycles. The minimum absolute atomic E-state index is 0.0534. The molecular weight excluding hydrogens is 723 g/mol. The van der Waals surface area contributed by atoms with Gasteiger partial charge in [-0.25, -0.2) is 17.6 Å². The first kappa shape index (κ1) is 40.2. The Hall–Kier alpha value is -2.25. The molecule has 48 heavy (non-hydrogen) atoms. The van der Waals surface area contributed by atoms with E-state index in [2.05, 4.69) is 0 Å². The Balaban J connectivity index is 2.04. The van der Waals surface area contributed by atoms with Crippen LogP contribution in [0.5, 0.6) is 0 Å². The summed E-state index contributed by atoms with van der Waals surface area (Å²) in [5.74, 6) is -74.6. The Kier molecular flexibility index (Phi) is 10.2. The summed E-state index contributed by atoms with van der Waals surface area (Å²) in [6.07, 6.45) is -4.92. The minimum atomic E-state index is -9.02. The van der Waals surface area contributed by atoms with Crippen LogP contribution in [0.15, 0.2) is 0 Å². The lowest BCUT2D eigenvalue weighted by atomic mass is 9.68. The predicted octanol–water partition coefficient (Wildman–Crippen LogP) is 11.8. The Labute approximate surface area is 257 Å². The first-order chi connectivity index (χ1) is 21.4. The van der Waals surface area contributed by atoms with Crippen molar-refractivity contribution in [2.45, 2.75) is 112 Å². The van der Waals surface area contributed by atoms with Gasteiger partial charge < -0.3 is 0 Å². The second kappa shape index (κ2) is 12.2. The van der Waals surface area contributed by atoms with E-state index in [9.17, 15) is 92.2 Å². The molecule has 0 spiro atoms. The van der Waals surface area contributed by atoms with Crippen molar-refractivity contribution in [2.24, 2.45) is 17.8 Å². The van der Waals surface area contributed by atoms with Crippen LogP contribution in [0.2, 0.25) is 0 Å². The fourth-order valence-electron chi connectivity index (χ4n) is 6.24. The second-order valence-electron chi connectivity index (χ2n) is 12.2. The van der Waals surface area contributed by atoms with Crippen molar-refractivity contribution >= 4 is 0 Å². The summed E-state index contributed by atoms with van der Waals surface area (Å²) in [5, 5.41) is 0. The average Bonchev–Trinajstić information content (AvgIpc) is 2.95. The smallest absolute Gasteiger partial charge is 0.203 e. The summed E-state index contributed by atoms with van der Waals surface area (Å²) in [6, 6.07) is 0. The molecule has 3 rings (SSSR count). The van der Waals surface area contributed by atoms with E-state index in [4.69, 9.17) is 0 Å². The molecule has 2 aliphatic rings. The molecule has 2 saturated carbocycles. The molecule has 0 nitrogen and oxygen atoms in total. The van der Waals surface area contributed by atoms with Gasteiger partial charge in [0.1, 0.15) is 5.56 Å². The molecule has 0 aromatic heterocycles. The van der Waals surface area contributed by atoms with Gasteiger partial charge in [0.2, 0.25) is 0 Å². The number of alkyl halides is 17. The number of hydrogen-bond acceptors (Lipinski definition) is 0. The summed E-state index contributed by atoms with van der Waals surface area (Å²) in [5.41, 5.74) is -5.82. The predicted molar refractivity (Wildman–Crippen MR) is 122 cm³/mol. The SMILES string of the molecule is C[C@H]1CC[C@H]([C@H]2CC[C@H](c3c(F)c(F)c(C(F)(F)C(F)(F)C(F)(F)C(F)(F)C(F)(F)C(F)(F)C(F)(F)C(F)(F)F)c(F)c3F)CC2)CC1. The zero-order valence-electron chi connectivity index (χ0n) is 23.9. The second-order valence-corrected chi connectivity index (χ2v) is 12.2. The zero-order chi connectivity index (χ0) is 37.4. The molecule has 2 fully saturated rings. The van der Waals surface area contributed by atoms with Gasteiger partial charge in [0.05, 0.1) is 0 Å². The van der Waals surface area contributed by atoms with Gasteiger partial charge in [-0.15, -0.1) is 0 Å². The van der Waals surface area contributed by atoms with Crippen molar-refractivity contribution in [1.82, 2.24) is 0 Å². The average molecular weight is 746 g/mol. The van der Waals surface area contributed by atoms with E-state index in [-0.39, 0.29) is 37.5 Å². The van der Waals surface area contributed by atoms with Crippen LogP contribution >= 0.6 is 0 Å². The van der Waals surface area contributed by atoms with Gasteiger partial charge in [-0.2, -0.15) is 74.6 Å². The third-order valence-electron chi connectivity index (χ3n) is 9.24. The molecular formula is C27H23F21. The molecule has 2 aliphatic carbocycles. The minimum Gasteiger partial charge on any atom is -0.203 e. The molecule has 0 unspecified atom stereocenters. The number of rotatable bonds is 9. The molecule has 1 aromatic rings. The number of benzene rings is 1. The van der Waals surface area contributed by atoms with E-state index in [0.29, 0.717) is 5.92 Å². The van der Waals surface area contributed by atoms with E-state index in [1.54, 1.807) is 0 Å². The van der Waals surface area contributed by atoms with Gasteiger partial charge in [0.25, 0.3) is 0 Å². The van der Waals surface area contributed by atoms with Crippen molar-refractivity contribution < 1.29 is 92.2 Å². The van der Waals surface area contributed by atoms with E-state index >= 15 is 0 Å². The van der Waals surface area contributed by atoms with Crippen LogP contribution in [0.3, 0.4) is 0 Å². The summed E-state index contributed by atoms with van der Waals surface area (Å²) < 4.78 is 291. The van der Waals surface area contributed by atoms with Gasteiger partial charge in [0.15, 0.2) is 23.3 Å². The lowest BCUT2D eigenvalue weighted by molar-refractivity contribution is -0.463. The van der Waals surface area contributed by atoms with Crippen LogP contribution in [0, 0.1) is 41.0 Å². The first-order valence-corrected chi connectivity index (χ1v) is 13.9. The monoisotopic (exact) mass is 746 g/mol. The molecule has 0 bridgehead atoms. The molecule has 0 amide bonds. The molecule has 0 heterocycles. The molecule has 0 atom stereocenters. The van der Waals surface area contributed by atoms with Gasteiger partial charge >= 0.3 is 47.6 Å². The lowest BCUT2D eigenvalue weighted by Gasteiger charge is -2.43. The van der Waals surface area contributed by atoms with Crippen LogP contribution in [-0.4, -0.2) is 41.7 Å². The van der Waals surface area contributed by atoms with Gasteiger partial charge in [-0.3, -0.25) is 0 Å². The van der Waals surface area contributed by atoms with Gasteiger partial charge in [0, 0.05) is 5.56 Å². The van der Waals surface area contributed by atoms with Gasteiger partial charge in [-0.05, 0) is 62.2 Å². The van der Waals surface area contributed by atoms with Crippen molar-refractivity contribution in [3.05, 3.63) is 34.4 Å². The molecule has 21 heteroatoms. The van der Waals surface area contributed by atoms with E-state index in [0.717, 1.165) is 25.7 Å². The topological polar surface area (TPSA) is 0 Å². The standard InChI is InChI=1S/C27H23F21/c1-10-2-4-11(5-3-10)12-6-8-13(9-7-12)14-16(28)18(30)15(19(31)17(14)29)20(32,33)21(34,35)22(36,37)23(38,39)24(40,41)25(42,43)26(44,45)27(46,47)48/h10-13H,2-9H2,1H3/t10-,11-,12-,13-. The maximum atomic E-state index is 14.9. The van der Waals surface area contributed by atoms with Crippen molar-refractivity contribution in [1.29, 1.82) is 0 Å². The van der Waals surface area contributed by atoms with E-state index < -0.39 is 87.9 Å². The number of halogens is 21. The summed E-state index contributed by atoms with van der Waals surface area (Å²) >= 11 is 0. The zero-order valence-corrected chi connectivity index (χ0v) is 23.9. The fourth-order valence-corrected chi connectivity index (χ4v) is 6.24. The maximum Gasteiger partial charge on any atom is 0.460 e. The molecule has 278 valence electrons. The van der Waals surface area contributed by atoms with E-state index in [1.165, 1.54) is 0 Å². The molecule has 0 N–H and O–H groups in total. The number of hydrogen-bond donors (Lipinski definition) is 0. The van der Waals surface area contributed by atoms with Crippen molar-refractivity contribution in [3.63, 3.8) is 0 Å².